The van der Waals surface area contributed by atoms with E-state index in [1.807, 2.05) is 0 Å². The molecule has 3 N–H and O–H groups in total. The first-order valence-corrected chi connectivity index (χ1v) is 5.95. The Labute approximate surface area is 111 Å². The minimum absolute atomic E-state index is 0.185. The molecule has 1 saturated heterocycles. The van der Waals surface area contributed by atoms with Gasteiger partial charge in [-0.3, -0.25) is 14.3 Å². The molecule has 10 heteroatoms. The molecule has 0 radical (unpaired) electrons. The highest BCUT2D eigenvalue weighted by molar-refractivity contribution is 5.03. The molecule has 0 bridgehead atoms. The molecule has 0 amide bonds. The number of ether oxygens (including phenoxy) is 1. The number of aryl methyl sites for hydroxylation is 1. The summed E-state index contributed by atoms with van der Waals surface area (Å²) in [6.45, 7) is 1.58. The number of aliphatic hydroxyl groups is 1. The summed E-state index contributed by atoms with van der Waals surface area (Å²) < 4.78 is 6.82. The summed E-state index contributed by atoms with van der Waals surface area (Å²) >= 11 is 0. The summed E-state index contributed by atoms with van der Waals surface area (Å²) in [5.41, 5.74) is -0.656. The van der Waals surface area contributed by atoms with Crippen LogP contribution in [0.4, 0.5) is 0 Å². The number of hydrogen-bond acceptors (Lipinski definition) is 7. The Hall–Kier alpha value is -2.33. The van der Waals surface area contributed by atoms with Crippen molar-refractivity contribution in [3.05, 3.63) is 38.4 Å². The van der Waals surface area contributed by atoms with Gasteiger partial charge in [-0.1, -0.05) is 5.21 Å². The third kappa shape index (κ3) is 2.04. The molecular weight excluding hydrogens is 268 g/mol. The Morgan fingerprint density at radius 1 is 1.50 bits per heavy atom. The molecule has 1 aliphatic rings. The summed E-state index contributed by atoms with van der Waals surface area (Å²) in [6, 6.07) is 0. The molecule has 1 aliphatic heterocycles. The quantitative estimate of drug-likeness (QED) is 0.600. The van der Waals surface area contributed by atoms with Crippen molar-refractivity contribution in [3.8, 4) is 0 Å². The molecule has 0 saturated carbocycles. The summed E-state index contributed by atoms with van der Waals surface area (Å²) in [5, 5.41) is 23.2. The maximum Gasteiger partial charge on any atom is 0.330 e. The van der Waals surface area contributed by atoms with Crippen LogP contribution in [0.15, 0.2) is 15.8 Å². The van der Waals surface area contributed by atoms with Gasteiger partial charge in [0.25, 0.3) is 5.56 Å². The number of nitrogens with one attached hydrogen (secondary N) is 2. The van der Waals surface area contributed by atoms with E-state index in [0.717, 1.165) is 0 Å². The molecule has 3 rings (SSSR count). The van der Waals surface area contributed by atoms with Crippen molar-refractivity contribution in [2.45, 2.75) is 31.8 Å². The minimum Gasteiger partial charge on any atom is -0.390 e. The van der Waals surface area contributed by atoms with Gasteiger partial charge in [0, 0.05) is 18.2 Å². The van der Waals surface area contributed by atoms with Crippen molar-refractivity contribution in [2.24, 2.45) is 0 Å². The Kier molecular flexibility index (Phi) is 2.95. The second kappa shape index (κ2) is 4.65. The molecule has 0 aromatic carbocycles. The van der Waals surface area contributed by atoms with Gasteiger partial charge in [-0.25, -0.2) is 4.79 Å². The van der Waals surface area contributed by atoms with Crippen LogP contribution in [-0.4, -0.2) is 41.4 Å². The van der Waals surface area contributed by atoms with Crippen LogP contribution in [0.1, 0.15) is 30.1 Å². The highest BCUT2D eigenvalue weighted by Gasteiger charge is 2.39. The molecule has 1 fully saturated rings. The first-order chi connectivity index (χ1) is 9.56. The number of hydrogen-bond donors (Lipinski definition) is 3. The second-order valence-electron chi connectivity index (χ2n) is 4.56. The van der Waals surface area contributed by atoms with Gasteiger partial charge in [-0.2, -0.15) is 5.21 Å². The lowest BCUT2D eigenvalue weighted by Gasteiger charge is -2.14. The Morgan fingerprint density at radius 3 is 3.00 bits per heavy atom. The van der Waals surface area contributed by atoms with Gasteiger partial charge in [-0.15, -0.1) is 10.2 Å². The third-order valence-corrected chi connectivity index (χ3v) is 3.17. The zero-order valence-corrected chi connectivity index (χ0v) is 10.5. The maximum atomic E-state index is 11.8. The van der Waals surface area contributed by atoms with E-state index in [9.17, 15) is 14.7 Å². The number of aromatic amines is 2. The number of tetrazole rings is 1. The molecule has 10 nitrogen and oxygen atoms in total. The number of aromatic nitrogens is 6. The van der Waals surface area contributed by atoms with Gasteiger partial charge < -0.3 is 9.84 Å². The lowest BCUT2D eigenvalue weighted by molar-refractivity contribution is -0.0265. The van der Waals surface area contributed by atoms with Gasteiger partial charge in [-0.05, 0) is 6.92 Å². The molecule has 0 spiro atoms. The first-order valence-electron chi connectivity index (χ1n) is 5.95. The van der Waals surface area contributed by atoms with E-state index in [0.29, 0.717) is 5.56 Å². The standard InChI is InChI=1S/C10H12N6O4/c1-4-3-16(10(19)11-9(4)18)6-2-5(17)7(20-6)8-12-14-15-13-8/h3,5-7,17H,2H2,1H3,(H,11,18,19)(H,12,13,14,15)/t5-,6-,7-/m1/s1. The zero-order valence-electron chi connectivity index (χ0n) is 10.5. The maximum absolute atomic E-state index is 11.8. The Morgan fingerprint density at radius 2 is 2.30 bits per heavy atom. The van der Waals surface area contributed by atoms with E-state index in [4.69, 9.17) is 4.74 Å². The smallest absolute Gasteiger partial charge is 0.330 e. The number of nitrogens with zero attached hydrogens (tertiary/aromatic N) is 4. The van der Waals surface area contributed by atoms with Crippen LogP contribution in [0.5, 0.6) is 0 Å². The van der Waals surface area contributed by atoms with Crippen molar-refractivity contribution < 1.29 is 9.84 Å². The number of H-pyrrole nitrogens is 2. The summed E-state index contributed by atoms with van der Waals surface area (Å²) in [5.74, 6) is 0.217. The number of rotatable bonds is 2. The molecule has 106 valence electrons. The average molecular weight is 280 g/mol. The molecule has 2 aromatic rings. The van der Waals surface area contributed by atoms with Crippen LogP contribution >= 0.6 is 0 Å². The third-order valence-electron chi connectivity index (χ3n) is 3.17. The normalized spacial score (nSPS) is 26.0. The van der Waals surface area contributed by atoms with E-state index >= 15 is 0 Å². The first kappa shape index (κ1) is 12.7. The van der Waals surface area contributed by atoms with Crippen LogP contribution in [0, 0.1) is 6.92 Å². The van der Waals surface area contributed by atoms with Crippen molar-refractivity contribution in [3.63, 3.8) is 0 Å². The van der Waals surface area contributed by atoms with E-state index in [1.54, 1.807) is 6.92 Å². The van der Waals surface area contributed by atoms with Crippen LogP contribution < -0.4 is 11.2 Å². The lowest BCUT2D eigenvalue weighted by atomic mass is 10.1. The fourth-order valence-electron chi connectivity index (χ4n) is 2.15. The predicted molar refractivity (Wildman–Crippen MR) is 63.7 cm³/mol. The van der Waals surface area contributed by atoms with Crippen molar-refractivity contribution in [2.75, 3.05) is 0 Å². The van der Waals surface area contributed by atoms with Gasteiger partial charge >= 0.3 is 5.69 Å². The van der Waals surface area contributed by atoms with E-state index in [1.165, 1.54) is 10.8 Å². The summed E-state index contributed by atoms with van der Waals surface area (Å²) in [4.78, 5) is 25.3. The molecule has 20 heavy (non-hydrogen) atoms. The Bertz CT molecular complexity index is 720. The highest BCUT2D eigenvalue weighted by Crippen LogP contribution is 2.35. The van der Waals surface area contributed by atoms with Gasteiger partial charge in [0.15, 0.2) is 0 Å². The fraction of sp³-hybridized carbons (Fsp3) is 0.500. The number of aliphatic hydroxyl groups excluding tert-OH is 1. The lowest BCUT2D eigenvalue weighted by Crippen LogP contribution is -2.33. The highest BCUT2D eigenvalue weighted by atomic mass is 16.5. The van der Waals surface area contributed by atoms with E-state index in [-0.39, 0.29) is 12.2 Å². The molecule has 3 heterocycles. The van der Waals surface area contributed by atoms with Crippen molar-refractivity contribution in [1.29, 1.82) is 0 Å². The molecule has 3 atom stereocenters. The molecule has 2 aromatic heterocycles. The van der Waals surface area contributed by atoms with Crippen molar-refractivity contribution >= 4 is 0 Å². The minimum atomic E-state index is -0.864. The largest absolute Gasteiger partial charge is 0.390 e. The average Bonchev–Trinajstić information content (AvgIpc) is 3.02. The van der Waals surface area contributed by atoms with Crippen LogP contribution in [-0.2, 0) is 4.74 Å². The van der Waals surface area contributed by atoms with Crippen molar-refractivity contribution in [1.82, 2.24) is 30.2 Å². The van der Waals surface area contributed by atoms with Crippen LogP contribution in [0.3, 0.4) is 0 Å². The zero-order chi connectivity index (χ0) is 14.3. The topological polar surface area (TPSA) is 139 Å². The predicted octanol–water partition coefficient (Wildman–Crippen LogP) is -1.62. The van der Waals surface area contributed by atoms with Crippen LogP contribution in [0.2, 0.25) is 0 Å². The molecule has 0 aliphatic carbocycles. The summed E-state index contributed by atoms with van der Waals surface area (Å²) in [7, 11) is 0. The fourth-order valence-corrected chi connectivity index (χ4v) is 2.15. The summed E-state index contributed by atoms with van der Waals surface area (Å²) in [6.07, 6.45) is -0.743. The Balaban J connectivity index is 1.92. The van der Waals surface area contributed by atoms with Crippen LogP contribution in [0.25, 0.3) is 0 Å². The van der Waals surface area contributed by atoms with Gasteiger partial charge in [0.2, 0.25) is 5.82 Å². The molecular formula is C10H12N6O4. The van der Waals surface area contributed by atoms with E-state index in [2.05, 4.69) is 25.6 Å². The van der Waals surface area contributed by atoms with E-state index < -0.39 is 29.7 Å². The van der Waals surface area contributed by atoms with Gasteiger partial charge in [0.1, 0.15) is 12.3 Å². The monoisotopic (exact) mass is 280 g/mol. The second-order valence-corrected chi connectivity index (χ2v) is 4.56. The van der Waals surface area contributed by atoms with Gasteiger partial charge in [0.05, 0.1) is 6.10 Å². The SMILES string of the molecule is Cc1cn([C@H]2C[C@@H](O)[C@H](c3nn[nH]n3)O2)c(=O)[nH]c1=O. The molecule has 0 unspecified atom stereocenters.